The first-order valence-corrected chi connectivity index (χ1v) is 7.90. The Hall–Kier alpha value is -1.14. The zero-order valence-electron chi connectivity index (χ0n) is 13.3. The first kappa shape index (κ1) is 17.9. The molecule has 0 spiro atoms. The third kappa shape index (κ3) is 6.91. The van der Waals surface area contributed by atoms with E-state index in [-0.39, 0.29) is 11.9 Å². The van der Waals surface area contributed by atoms with E-state index < -0.39 is 0 Å². The normalized spacial score (nSPS) is 22.1. The molecule has 0 aromatic carbocycles. The van der Waals surface area contributed by atoms with Crippen molar-refractivity contribution in [3.63, 3.8) is 0 Å². The van der Waals surface area contributed by atoms with Crippen molar-refractivity contribution in [1.29, 1.82) is 0 Å². The predicted octanol–water partition coefficient (Wildman–Crippen LogP) is 0.648. The number of hydrogen-bond donors (Lipinski definition) is 2. The standard InChI is InChI=1S/C15H29N3O3/c1-3-18(13-8-6-12(16)7-9-13)11-14(19)17-10-4-5-15(20)21-2/h12-13H,3-11,16H2,1-2H3,(H,17,19). The van der Waals surface area contributed by atoms with Crippen LogP contribution in [-0.4, -0.2) is 55.6 Å². The third-order valence-corrected chi connectivity index (χ3v) is 4.12. The van der Waals surface area contributed by atoms with E-state index in [1.807, 2.05) is 0 Å². The number of carbonyl (C=O) groups excluding carboxylic acids is 2. The van der Waals surface area contributed by atoms with Gasteiger partial charge in [0.05, 0.1) is 13.7 Å². The minimum atomic E-state index is -0.238. The smallest absolute Gasteiger partial charge is 0.305 e. The van der Waals surface area contributed by atoms with E-state index in [1.54, 1.807) is 0 Å². The van der Waals surface area contributed by atoms with Crippen LogP contribution in [0.4, 0.5) is 0 Å². The Morgan fingerprint density at radius 1 is 1.29 bits per heavy atom. The van der Waals surface area contributed by atoms with Gasteiger partial charge in [-0.05, 0) is 38.6 Å². The fraction of sp³-hybridized carbons (Fsp3) is 0.867. The SMILES string of the molecule is CCN(CC(=O)NCCCC(=O)OC)C1CCC(N)CC1. The minimum absolute atomic E-state index is 0.0246. The summed E-state index contributed by atoms with van der Waals surface area (Å²) in [6, 6.07) is 0.794. The lowest BCUT2D eigenvalue weighted by Gasteiger charge is -2.34. The molecule has 1 amide bonds. The van der Waals surface area contributed by atoms with E-state index in [9.17, 15) is 9.59 Å². The van der Waals surface area contributed by atoms with Crippen LogP contribution in [0.1, 0.15) is 45.4 Å². The van der Waals surface area contributed by atoms with Crippen molar-refractivity contribution in [2.24, 2.45) is 5.73 Å². The van der Waals surface area contributed by atoms with Crippen molar-refractivity contribution >= 4 is 11.9 Å². The van der Waals surface area contributed by atoms with Crippen molar-refractivity contribution < 1.29 is 14.3 Å². The number of nitrogens with two attached hydrogens (primary N) is 1. The average molecular weight is 299 g/mol. The third-order valence-electron chi connectivity index (χ3n) is 4.12. The number of rotatable bonds is 8. The van der Waals surface area contributed by atoms with Crippen LogP contribution < -0.4 is 11.1 Å². The molecule has 0 aliphatic heterocycles. The first-order valence-electron chi connectivity index (χ1n) is 7.90. The first-order chi connectivity index (χ1) is 10.1. The van der Waals surface area contributed by atoms with E-state index in [2.05, 4.69) is 21.9 Å². The molecule has 0 radical (unpaired) electrons. The Morgan fingerprint density at radius 3 is 2.52 bits per heavy atom. The lowest BCUT2D eigenvalue weighted by Crippen LogP contribution is -2.45. The van der Waals surface area contributed by atoms with E-state index in [4.69, 9.17) is 5.73 Å². The lowest BCUT2D eigenvalue weighted by molar-refractivity contribution is -0.140. The van der Waals surface area contributed by atoms with E-state index in [1.165, 1.54) is 7.11 Å². The fourth-order valence-electron chi connectivity index (χ4n) is 2.77. The van der Waals surface area contributed by atoms with Crippen LogP contribution in [0.2, 0.25) is 0 Å². The van der Waals surface area contributed by atoms with Crippen LogP contribution >= 0.6 is 0 Å². The van der Waals surface area contributed by atoms with Gasteiger partial charge in [0.15, 0.2) is 0 Å². The Kier molecular flexibility index (Phi) is 8.30. The highest BCUT2D eigenvalue weighted by Crippen LogP contribution is 2.21. The summed E-state index contributed by atoms with van der Waals surface area (Å²) in [6.07, 6.45) is 5.19. The zero-order chi connectivity index (χ0) is 15.7. The molecule has 1 rings (SSSR count). The molecule has 0 unspecified atom stereocenters. The molecule has 3 N–H and O–H groups in total. The van der Waals surface area contributed by atoms with Crippen molar-refractivity contribution in [2.75, 3.05) is 26.7 Å². The molecule has 0 atom stereocenters. The monoisotopic (exact) mass is 299 g/mol. The minimum Gasteiger partial charge on any atom is -0.469 e. The number of carbonyl (C=O) groups is 2. The van der Waals surface area contributed by atoms with Crippen molar-refractivity contribution in [3.8, 4) is 0 Å². The molecule has 0 heterocycles. The number of likely N-dealkylation sites (N-methyl/N-ethyl adjacent to an activating group) is 1. The molecule has 0 aromatic rings. The Labute approximate surface area is 127 Å². The molecule has 1 aliphatic rings. The maximum atomic E-state index is 11.9. The van der Waals surface area contributed by atoms with Crippen molar-refractivity contribution in [1.82, 2.24) is 10.2 Å². The molecule has 0 saturated heterocycles. The van der Waals surface area contributed by atoms with Crippen molar-refractivity contribution in [2.45, 2.75) is 57.5 Å². The van der Waals surface area contributed by atoms with Gasteiger partial charge in [0, 0.05) is 25.0 Å². The summed E-state index contributed by atoms with van der Waals surface area (Å²) in [7, 11) is 1.37. The second-order valence-corrected chi connectivity index (χ2v) is 5.66. The van der Waals surface area contributed by atoms with Gasteiger partial charge in [-0.25, -0.2) is 0 Å². The highest BCUT2D eigenvalue weighted by Gasteiger charge is 2.24. The van der Waals surface area contributed by atoms with Crippen LogP contribution in [0.3, 0.4) is 0 Å². The van der Waals surface area contributed by atoms with Gasteiger partial charge in [-0.15, -0.1) is 0 Å². The van der Waals surface area contributed by atoms with Gasteiger partial charge in [0.25, 0.3) is 0 Å². The number of ether oxygens (including phenoxy) is 1. The topological polar surface area (TPSA) is 84.7 Å². The van der Waals surface area contributed by atoms with Gasteiger partial charge in [0.1, 0.15) is 0 Å². The number of amides is 1. The number of methoxy groups -OCH3 is 1. The second kappa shape index (κ2) is 9.73. The summed E-state index contributed by atoms with van der Waals surface area (Å²) in [6.45, 7) is 3.89. The summed E-state index contributed by atoms with van der Waals surface area (Å²) in [5.74, 6) is -0.213. The molecule has 0 aromatic heterocycles. The van der Waals surface area contributed by atoms with Crippen LogP contribution in [0.15, 0.2) is 0 Å². The average Bonchev–Trinajstić information content (AvgIpc) is 2.50. The van der Waals surface area contributed by atoms with Gasteiger partial charge in [-0.2, -0.15) is 0 Å². The quantitative estimate of drug-likeness (QED) is 0.508. The Morgan fingerprint density at radius 2 is 1.95 bits per heavy atom. The number of nitrogens with one attached hydrogen (secondary N) is 1. The molecule has 1 aliphatic carbocycles. The van der Waals surface area contributed by atoms with E-state index >= 15 is 0 Å². The number of esters is 1. The molecule has 0 bridgehead atoms. The number of hydrogen-bond acceptors (Lipinski definition) is 5. The van der Waals surface area contributed by atoms with Crippen LogP contribution in [0, 0.1) is 0 Å². The number of nitrogens with zero attached hydrogens (tertiary/aromatic N) is 1. The highest BCUT2D eigenvalue weighted by molar-refractivity contribution is 5.78. The largest absolute Gasteiger partial charge is 0.469 e. The maximum absolute atomic E-state index is 11.9. The Balaban J connectivity index is 2.23. The van der Waals surface area contributed by atoms with Gasteiger partial charge >= 0.3 is 5.97 Å². The van der Waals surface area contributed by atoms with Gasteiger partial charge in [0.2, 0.25) is 5.91 Å². The zero-order valence-corrected chi connectivity index (χ0v) is 13.3. The van der Waals surface area contributed by atoms with Crippen LogP contribution in [0.25, 0.3) is 0 Å². The summed E-state index contributed by atoms with van der Waals surface area (Å²) in [5, 5.41) is 2.86. The molecule has 122 valence electrons. The second-order valence-electron chi connectivity index (χ2n) is 5.66. The molecule has 6 nitrogen and oxygen atoms in total. The van der Waals surface area contributed by atoms with Crippen molar-refractivity contribution in [3.05, 3.63) is 0 Å². The maximum Gasteiger partial charge on any atom is 0.305 e. The molecule has 1 fully saturated rings. The van der Waals surface area contributed by atoms with Gasteiger partial charge in [-0.3, -0.25) is 14.5 Å². The van der Waals surface area contributed by atoms with E-state index in [0.717, 1.165) is 32.2 Å². The Bertz CT molecular complexity index is 328. The lowest BCUT2D eigenvalue weighted by atomic mass is 9.91. The molecular weight excluding hydrogens is 270 g/mol. The highest BCUT2D eigenvalue weighted by atomic mass is 16.5. The van der Waals surface area contributed by atoms with Crippen LogP contribution in [-0.2, 0) is 14.3 Å². The summed E-state index contributed by atoms with van der Waals surface area (Å²) >= 11 is 0. The molecule has 21 heavy (non-hydrogen) atoms. The summed E-state index contributed by atoms with van der Waals surface area (Å²) in [5.41, 5.74) is 5.92. The van der Waals surface area contributed by atoms with Crippen LogP contribution in [0.5, 0.6) is 0 Å². The summed E-state index contributed by atoms with van der Waals surface area (Å²) in [4.78, 5) is 25.1. The van der Waals surface area contributed by atoms with Gasteiger partial charge < -0.3 is 15.8 Å². The van der Waals surface area contributed by atoms with Gasteiger partial charge in [-0.1, -0.05) is 6.92 Å². The van der Waals surface area contributed by atoms with E-state index in [0.29, 0.717) is 38.0 Å². The molecule has 1 saturated carbocycles. The summed E-state index contributed by atoms with van der Waals surface area (Å²) < 4.78 is 4.56. The predicted molar refractivity (Wildman–Crippen MR) is 81.7 cm³/mol. The fourth-order valence-corrected chi connectivity index (χ4v) is 2.77. The molecular formula is C15H29N3O3. The molecule has 6 heteroatoms.